The van der Waals surface area contributed by atoms with Crippen molar-refractivity contribution in [1.82, 2.24) is 15.3 Å². The predicted octanol–water partition coefficient (Wildman–Crippen LogP) is 0.494. The Balaban J connectivity index is 2.42. The fourth-order valence-corrected chi connectivity index (χ4v) is 2.54. The van der Waals surface area contributed by atoms with Crippen LogP contribution in [0.15, 0.2) is 12.4 Å². The molecule has 2 heterocycles. The number of carbonyl (C=O) groups excluding carboxylic acids is 2. The maximum Gasteiger partial charge on any atom is 0.329 e. The van der Waals surface area contributed by atoms with Crippen molar-refractivity contribution in [1.29, 1.82) is 0 Å². The first-order valence-electron chi connectivity index (χ1n) is 6.23. The van der Waals surface area contributed by atoms with Crippen LogP contribution in [0.3, 0.4) is 0 Å². The summed E-state index contributed by atoms with van der Waals surface area (Å²) in [6.07, 6.45) is 3.36. The minimum Gasteiger partial charge on any atom is -0.464 e. The first-order chi connectivity index (χ1) is 8.99. The van der Waals surface area contributed by atoms with Crippen LogP contribution < -0.4 is 5.32 Å². The van der Waals surface area contributed by atoms with Crippen LogP contribution >= 0.6 is 0 Å². The van der Waals surface area contributed by atoms with Crippen LogP contribution in [0, 0.1) is 6.92 Å². The Kier molecular flexibility index (Phi) is 3.50. The molecule has 1 aliphatic heterocycles. The Hall–Kier alpha value is -1.98. The largest absolute Gasteiger partial charge is 0.464 e. The topological polar surface area (TPSA) is 81.2 Å². The number of aryl methyl sites for hydroxylation is 1. The summed E-state index contributed by atoms with van der Waals surface area (Å²) >= 11 is 0. The van der Waals surface area contributed by atoms with E-state index in [0.29, 0.717) is 5.69 Å². The molecule has 2 unspecified atom stereocenters. The standard InChI is InChI=1S/C13H17N3O3/c1-4-19-12(18)11-13(3,7-9(17)16-11)10-8(2)14-5-6-15-10/h5-6,11H,4,7H2,1-3H3,(H,16,17). The van der Waals surface area contributed by atoms with Crippen LogP contribution in [-0.2, 0) is 19.7 Å². The zero-order valence-corrected chi connectivity index (χ0v) is 11.3. The molecule has 1 saturated heterocycles. The Morgan fingerprint density at radius 3 is 2.84 bits per heavy atom. The molecule has 0 radical (unpaired) electrons. The minimum atomic E-state index is -0.721. The third-order valence-electron chi connectivity index (χ3n) is 3.41. The lowest BCUT2D eigenvalue weighted by atomic mass is 9.78. The molecule has 2 atom stereocenters. The Labute approximate surface area is 111 Å². The molecule has 19 heavy (non-hydrogen) atoms. The monoisotopic (exact) mass is 263 g/mol. The van der Waals surface area contributed by atoms with Crippen LogP contribution in [-0.4, -0.2) is 34.5 Å². The number of amides is 1. The fourth-order valence-electron chi connectivity index (χ4n) is 2.54. The van der Waals surface area contributed by atoms with Gasteiger partial charge in [-0.2, -0.15) is 0 Å². The Bertz CT molecular complexity index is 518. The molecule has 1 aliphatic rings. The summed E-state index contributed by atoms with van der Waals surface area (Å²) in [6.45, 7) is 5.67. The lowest BCUT2D eigenvalue weighted by Crippen LogP contribution is -2.46. The average molecular weight is 263 g/mol. The van der Waals surface area contributed by atoms with E-state index in [2.05, 4.69) is 15.3 Å². The highest BCUT2D eigenvalue weighted by Gasteiger charge is 2.51. The number of ether oxygens (including phenoxy) is 1. The van der Waals surface area contributed by atoms with Gasteiger partial charge in [0.2, 0.25) is 5.91 Å². The van der Waals surface area contributed by atoms with E-state index in [1.54, 1.807) is 19.3 Å². The molecule has 0 bridgehead atoms. The summed E-state index contributed by atoms with van der Waals surface area (Å²) in [6, 6.07) is -0.713. The van der Waals surface area contributed by atoms with Crippen molar-refractivity contribution in [3.63, 3.8) is 0 Å². The van der Waals surface area contributed by atoms with Crippen molar-refractivity contribution >= 4 is 11.9 Å². The molecule has 0 aromatic carbocycles. The SMILES string of the molecule is CCOC(=O)C1NC(=O)CC1(C)c1nccnc1C. The van der Waals surface area contributed by atoms with Gasteiger partial charge in [-0.3, -0.25) is 14.8 Å². The van der Waals surface area contributed by atoms with E-state index in [0.717, 1.165) is 5.69 Å². The van der Waals surface area contributed by atoms with Crippen LogP contribution in [0.2, 0.25) is 0 Å². The second-order valence-corrected chi connectivity index (χ2v) is 4.84. The maximum absolute atomic E-state index is 12.0. The van der Waals surface area contributed by atoms with Gasteiger partial charge in [0.25, 0.3) is 0 Å². The van der Waals surface area contributed by atoms with Crippen molar-refractivity contribution < 1.29 is 14.3 Å². The van der Waals surface area contributed by atoms with Gasteiger partial charge in [-0.05, 0) is 13.8 Å². The van der Waals surface area contributed by atoms with Crippen LogP contribution in [0.1, 0.15) is 31.7 Å². The van der Waals surface area contributed by atoms with Gasteiger partial charge in [0, 0.05) is 18.8 Å². The second-order valence-electron chi connectivity index (χ2n) is 4.84. The van der Waals surface area contributed by atoms with Gasteiger partial charge in [-0.15, -0.1) is 0 Å². The van der Waals surface area contributed by atoms with Crippen LogP contribution in [0.5, 0.6) is 0 Å². The third kappa shape index (κ3) is 2.30. The first-order valence-corrected chi connectivity index (χ1v) is 6.23. The highest BCUT2D eigenvalue weighted by molar-refractivity contribution is 5.91. The number of hydrogen-bond donors (Lipinski definition) is 1. The van der Waals surface area contributed by atoms with Crippen molar-refractivity contribution in [2.75, 3.05) is 6.61 Å². The molecule has 6 heteroatoms. The maximum atomic E-state index is 12.0. The quantitative estimate of drug-likeness (QED) is 0.803. The van der Waals surface area contributed by atoms with E-state index in [1.807, 2.05) is 13.8 Å². The highest BCUT2D eigenvalue weighted by Crippen LogP contribution is 2.36. The minimum absolute atomic E-state index is 0.175. The number of nitrogens with one attached hydrogen (secondary N) is 1. The number of hydrogen-bond acceptors (Lipinski definition) is 5. The van der Waals surface area contributed by atoms with E-state index in [1.165, 1.54) is 0 Å². The van der Waals surface area contributed by atoms with Gasteiger partial charge in [0.15, 0.2) is 0 Å². The third-order valence-corrected chi connectivity index (χ3v) is 3.41. The highest BCUT2D eigenvalue weighted by atomic mass is 16.5. The van der Waals surface area contributed by atoms with Gasteiger partial charge in [0.05, 0.1) is 23.4 Å². The number of aromatic nitrogens is 2. The van der Waals surface area contributed by atoms with E-state index < -0.39 is 17.4 Å². The van der Waals surface area contributed by atoms with Crippen molar-refractivity contribution in [3.8, 4) is 0 Å². The second kappa shape index (κ2) is 4.95. The normalized spacial score (nSPS) is 26.1. The average Bonchev–Trinajstić information content (AvgIpc) is 2.66. The van der Waals surface area contributed by atoms with Gasteiger partial charge < -0.3 is 10.1 Å². The molecule has 0 spiro atoms. The van der Waals surface area contributed by atoms with E-state index in [9.17, 15) is 9.59 Å². The summed E-state index contributed by atoms with van der Waals surface area (Å²) in [4.78, 5) is 32.2. The Morgan fingerprint density at radius 2 is 2.21 bits per heavy atom. The van der Waals surface area contributed by atoms with Crippen molar-refractivity contribution in [2.24, 2.45) is 0 Å². The van der Waals surface area contributed by atoms with Gasteiger partial charge in [-0.25, -0.2) is 4.79 Å². The van der Waals surface area contributed by atoms with Gasteiger partial charge in [0.1, 0.15) is 6.04 Å². The number of nitrogens with zero attached hydrogens (tertiary/aromatic N) is 2. The number of carbonyl (C=O) groups is 2. The summed E-state index contributed by atoms with van der Waals surface area (Å²) in [7, 11) is 0. The molecular formula is C13H17N3O3. The van der Waals surface area contributed by atoms with Crippen LogP contribution in [0.25, 0.3) is 0 Å². The van der Waals surface area contributed by atoms with Gasteiger partial charge in [-0.1, -0.05) is 6.92 Å². The van der Waals surface area contributed by atoms with Gasteiger partial charge >= 0.3 is 5.97 Å². The van der Waals surface area contributed by atoms with Crippen molar-refractivity contribution in [2.45, 2.75) is 38.6 Å². The zero-order chi connectivity index (χ0) is 14.0. The van der Waals surface area contributed by atoms with Crippen molar-refractivity contribution in [3.05, 3.63) is 23.8 Å². The molecule has 0 aliphatic carbocycles. The smallest absolute Gasteiger partial charge is 0.329 e. The fraction of sp³-hybridized carbons (Fsp3) is 0.538. The molecule has 2 rings (SSSR count). The molecule has 0 saturated carbocycles. The number of esters is 1. The number of rotatable bonds is 3. The zero-order valence-electron chi connectivity index (χ0n) is 11.3. The summed E-state index contributed by atoms with van der Waals surface area (Å²) in [5.41, 5.74) is 0.656. The summed E-state index contributed by atoms with van der Waals surface area (Å²) < 4.78 is 5.03. The van der Waals surface area contributed by atoms with Crippen LogP contribution in [0.4, 0.5) is 0 Å². The molecule has 1 aromatic rings. The molecule has 6 nitrogen and oxygen atoms in total. The van der Waals surface area contributed by atoms with E-state index in [-0.39, 0.29) is 18.9 Å². The Morgan fingerprint density at radius 1 is 1.53 bits per heavy atom. The lowest BCUT2D eigenvalue weighted by molar-refractivity contribution is -0.147. The predicted molar refractivity (Wildman–Crippen MR) is 67.3 cm³/mol. The molecule has 1 aromatic heterocycles. The summed E-state index contributed by atoms with van der Waals surface area (Å²) in [5, 5.41) is 2.67. The summed E-state index contributed by atoms with van der Waals surface area (Å²) in [5.74, 6) is -0.605. The van der Waals surface area contributed by atoms with E-state index in [4.69, 9.17) is 4.74 Å². The molecular weight excluding hydrogens is 246 g/mol. The molecule has 1 amide bonds. The van der Waals surface area contributed by atoms with E-state index >= 15 is 0 Å². The molecule has 1 fully saturated rings. The molecule has 102 valence electrons. The molecule has 1 N–H and O–H groups in total. The lowest BCUT2D eigenvalue weighted by Gasteiger charge is -2.28. The first kappa shape index (κ1) is 13.5.